The van der Waals surface area contributed by atoms with Gasteiger partial charge in [0.2, 0.25) is 5.91 Å². The average molecular weight is 243 g/mol. The maximum Gasteiger partial charge on any atom is 0.234 e. The van der Waals surface area contributed by atoms with Crippen molar-refractivity contribution in [2.24, 2.45) is 0 Å². The lowest BCUT2D eigenvalue weighted by Gasteiger charge is -2.26. The summed E-state index contributed by atoms with van der Waals surface area (Å²) in [6.07, 6.45) is -0.247. The number of hydrogen-bond acceptors (Lipinski definition) is 2. The van der Waals surface area contributed by atoms with Crippen LogP contribution in [-0.4, -0.2) is 18.2 Å². The second-order valence-corrected chi connectivity index (χ2v) is 3.73. The Balaban J connectivity index is 2.37. The highest BCUT2D eigenvalue weighted by molar-refractivity contribution is 6.08. The average Bonchev–Trinajstić information content (AvgIpc) is 2.24. The van der Waals surface area contributed by atoms with E-state index in [9.17, 15) is 22.8 Å². The number of rotatable bonds is 1. The molecule has 1 heterocycles. The molecule has 1 amide bonds. The highest BCUT2D eigenvalue weighted by atomic mass is 19.2. The van der Waals surface area contributed by atoms with Crippen molar-refractivity contribution in [3.63, 3.8) is 0 Å². The van der Waals surface area contributed by atoms with E-state index in [0.29, 0.717) is 12.1 Å². The van der Waals surface area contributed by atoms with Gasteiger partial charge in [-0.3, -0.25) is 9.59 Å². The Morgan fingerprint density at radius 2 is 1.65 bits per heavy atom. The van der Waals surface area contributed by atoms with E-state index in [1.807, 2.05) is 0 Å². The molecule has 0 saturated carbocycles. The summed E-state index contributed by atoms with van der Waals surface area (Å²) in [4.78, 5) is 23.4. The summed E-state index contributed by atoms with van der Waals surface area (Å²) in [6.45, 7) is -0.0142. The van der Waals surface area contributed by atoms with E-state index in [4.69, 9.17) is 0 Å². The highest BCUT2D eigenvalue weighted by Gasteiger charge is 2.27. The van der Waals surface area contributed by atoms with Crippen LogP contribution >= 0.6 is 0 Å². The summed E-state index contributed by atoms with van der Waals surface area (Å²) in [5.41, 5.74) is -0.332. The van der Waals surface area contributed by atoms with Crippen LogP contribution in [0, 0.1) is 17.5 Å². The monoisotopic (exact) mass is 243 g/mol. The third-order valence-electron chi connectivity index (χ3n) is 2.54. The molecule has 0 N–H and O–H groups in total. The minimum atomic E-state index is -1.31. The number of anilines is 1. The summed E-state index contributed by atoms with van der Waals surface area (Å²) < 4.78 is 39.1. The minimum Gasteiger partial charge on any atom is -0.309 e. The highest BCUT2D eigenvalue weighted by Crippen LogP contribution is 2.25. The number of Topliss-reactive ketones (excluding diaryl/α,β-unsaturated/α-hetero) is 1. The Kier molecular flexibility index (Phi) is 2.87. The molecule has 90 valence electrons. The third kappa shape index (κ3) is 2.15. The maximum atomic E-state index is 13.4. The number of carbonyl (C=O) groups excluding carboxylic acids is 2. The first-order valence-corrected chi connectivity index (χ1v) is 4.95. The SMILES string of the molecule is O=C1CCN(c2cc(F)c(F)cc2F)C(=O)C1. The molecule has 0 aliphatic carbocycles. The van der Waals surface area contributed by atoms with Gasteiger partial charge in [-0.25, -0.2) is 13.2 Å². The molecule has 1 aromatic carbocycles. The van der Waals surface area contributed by atoms with Gasteiger partial charge in [0.25, 0.3) is 0 Å². The zero-order valence-electron chi connectivity index (χ0n) is 8.67. The van der Waals surface area contributed by atoms with Gasteiger partial charge in [-0.05, 0) is 0 Å². The van der Waals surface area contributed by atoms with Gasteiger partial charge >= 0.3 is 0 Å². The zero-order valence-corrected chi connectivity index (χ0v) is 8.67. The Morgan fingerprint density at radius 3 is 2.29 bits per heavy atom. The molecular weight excluding hydrogens is 235 g/mol. The normalized spacial score (nSPS) is 16.5. The summed E-state index contributed by atoms with van der Waals surface area (Å²) in [7, 11) is 0. The van der Waals surface area contributed by atoms with E-state index < -0.39 is 23.4 Å². The Morgan fingerprint density at radius 1 is 1.00 bits per heavy atom. The van der Waals surface area contributed by atoms with Crippen LogP contribution in [0.2, 0.25) is 0 Å². The van der Waals surface area contributed by atoms with Crippen LogP contribution in [0.1, 0.15) is 12.8 Å². The molecule has 6 heteroatoms. The van der Waals surface area contributed by atoms with Gasteiger partial charge in [-0.15, -0.1) is 0 Å². The van der Waals surface area contributed by atoms with E-state index in [1.54, 1.807) is 0 Å². The number of piperidine rings is 1. The van der Waals surface area contributed by atoms with Gasteiger partial charge in [0, 0.05) is 25.1 Å². The van der Waals surface area contributed by atoms with Crippen LogP contribution < -0.4 is 4.90 Å². The van der Waals surface area contributed by atoms with Crippen molar-refractivity contribution in [3.8, 4) is 0 Å². The van der Waals surface area contributed by atoms with Gasteiger partial charge in [0.1, 0.15) is 11.6 Å². The largest absolute Gasteiger partial charge is 0.309 e. The van der Waals surface area contributed by atoms with Gasteiger partial charge in [0.15, 0.2) is 11.6 Å². The molecule has 1 saturated heterocycles. The van der Waals surface area contributed by atoms with Gasteiger partial charge in [-0.1, -0.05) is 0 Å². The smallest absolute Gasteiger partial charge is 0.234 e. The lowest BCUT2D eigenvalue weighted by atomic mass is 10.1. The molecule has 0 atom stereocenters. The summed E-state index contributed by atoms with van der Waals surface area (Å²) in [6, 6.07) is 1.01. The zero-order chi connectivity index (χ0) is 12.6. The van der Waals surface area contributed by atoms with E-state index >= 15 is 0 Å². The van der Waals surface area contributed by atoms with Crippen LogP contribution in [0.25, 0.3) is 0 Å². The standard InChI is InChI=1S/C11H8F3NO2/c12-7-4-9(14)10(5-8(7)13)15-2-1-6(16)3-11(15)17/h4-5H,1-3H2. The van der Waals surface area contributed by atoms with E-state index in [1.165, 1.54) is 0 Å². The molecule has 0 aromatic heterocycles. The first-order chi connectivity index (χ1) is 7.99. The molecule has 3 nitrogen and oxygen atoms in total. The molecule has 2 rings (SSSR count). The molecular formula is C11H8F3NO2. The molecule has 1 aliphatic rings. The van der Waals surface area contributed by atoms with Crippen molar-refractivity contribution in [1.82, 2.24) is 0 Å². The molecule has 1 aliphatic heterocycles. The lowest BCUT2D eigenvalue weighted by molar-refractivity contribution is -0.128. The Hall–Kier alpha value is -1.85. The van der Waals surface area contributed by atoms with Gasteiger partial charge < -0.3 is 4.90 Å². The van der Waals surface area contributed by atoms with Gasteiger partial charge in [-0.2, -0.15) is 0 Å². The van der Waals surface area contributed by atoms with Crippen molar-refractivity contribution in [2.75, 3.05) is 11.4 Å². The fourth-order valence-electron chi connectivity index (χ4n) is 1.69. The molecule has 0 radical (unpaired) electrons. The van der Waals surface area contributed by atoms with E-state index in [-0.39, 0.29) is 30.9 Å². The maximum absolute atomic E-state index is 13.4. The molecule has 1 aromatic rings. The number of carbonyl (C=O) groups is 2. The summed E-state index contributed by atoms with van der Waals surface area (Å²) in [5, 5.41) is 0. The van der Waals surface area contributed by atoms with Crippen LogP contribution in [0.5, 0.6) is 0 Å². The minimum absolute atomic E-state index is 0.0142. The Bertz CT molecular complexity index is 502. The molecule has 1 fully saturated rings. The number of nitrogens with zero attached hydrogens (tertiary/aromatic N) is 1. The van der Waals surface area contributed by atoms with Crippen LogP contribution in [0.4, 0.5) is 18.9 Å². The van der Waals surface area contributed by atoms with Crippen molar-refractivity contribution in [1.29, 1.82) is 0 Å². The van der Waals surface area contributed by atoms with Gasteiger partial charge in [0.05, 0.1) is 12.1 Å². The topological polar surface area (TPSA) is 37.4 Å². The molecule has 17 heavy (non-hydrogen) atoms. The number of amides is 1. The number of halogens is 3. The number of ketones is 1. The fraction of sp³-hybridized carbons (Fsp3) is 0.273. The first kappa shape index (κ1) is 11.6. The Labute approximate surface area is 94.8 Å². The van der Waals surface area contributed by atoms with Crippen LogP contribution in [-0.2, 0) is 9.59 Å². The second-order valence-electron chi connectivity index (χ2n) is 3.73. The lowest BCUT2D eigenvalue weighted by Crippen LogP contribution is -2.39. The molecule has 0 spiro atoms. The predicted octanol–water partition coefficient (Wildman–Crippen LogP) is 1.80. The first-order valence-electron chi connectivity index (χ1n) is 4.95. The number of benzene rings is 1. The van der Waals surface area contributed by atoms with Crippen molar-refractivity contribution in [3.05, 3.63) is 29.6 Å². The third-order valence-corrected chi connectivity index (χ3v) is 2.54. The second kappa shape index (κ2) is 4.20. The van der Waals surface area contributed by atoms with Crippen molar-refractivity contribution in [2.45, 2.75) is 12.8 Å². The fourth-order valence-corrected chi connectivity index (χ4v) is 1.69. The van der Waals surface area contributed by atoms with Crippen molar-refractivity contribution < 1.29 is 22.8 Å². The quantitative estimate of drug-likeness (QED) is 0.557. The predicted molar refractivity (Wildman–Crippen MR) is 52.9 cm³/mol. The van der Waals surface area contributed by atoms with Crippen LogP contribution in [0.3, 0.4) is 0 Å². The van der Waals surface area contributed by atoms with E-state index in [2.05, 4.69) is 0 Å². The number of hydrogen-bond donors (Lipinski definition) is 0. The summed E-state index contributed by atoms with van der Waals surface area (Å²) >= 11 is 0. The summed E-state index contributed by atoms with van der Waals surface area (Å²) in [5.74, 6) is -4.41. The molecule has 0 bridgehead atoms. The van der Waals surface area contributed by atoms with E-state index in [0.717, 1.165) is 4.90 Å². The molecule has 0 unspecified atom stereocenters. The van der Waals surface area contributed by atoms with Crippen LogP contribution in [0.15, 0.2) is 12.1 Å². The van der Waals surface area contributed by atoms with Crippen molar-refractivity contribution >= 4 is 17.4 Å².